The van der Waals surface area contributed by atoms with Crippen LogP contribution in [-0.4, -0.2) is 77.9 Å². The van der Waals surface area contributed by atoms with Crippen LogP contribution >= 0.6 is 0 Å². The number of amides is 1. The van der Waals surface area contributed by atoms with E-state index in [9.17, 15) is 38.7 Å². The Morgan fingerprint density at radius 1 is 0.792 bits per heavy atom. The maximum absolute atomic E-state index is 13.6. The first-order valence-corrected chi connectivity index (χ1v) is 14.5. The largest absolute Gasteiger partial charge is 0.467 e. The molecule has 15 nitrogen and oxygen atoms in total. The van der Waals surface area contributed by atoms with E-state index in [1.807, 2.05) is 0 Å². The molecule has 0 spiro atoms. The summed E-state index contributed by atoms with van der Waals surface area (Å²) >= 11 is 0. The van der Waals surface area contributed by atoms with E-state index in [4.69, 9.17) is 28.4 Å². The van der Waals surface area contributed by atoms with Gasteiger partial charge in [0.2, 0.25) is 0 Å². The second kappa shape index (κ2) is 16.3. The van der Waals surface area contributed by atoms with Crippen LogP contribution in [0.4, 0.5) is 0 Å². The minimum Gasteiger partial charge on any atom is -0.467 e. The first-order chi connectivity index (χ1) is 22.6. The fourth-order valence-corrected chi connectivity index (χ4v) is 4.94. The lowest BCUT2D eigenvalue weighted by atomic mass is 9.78. The van der Waals surface area contributed by atoms with Crippen molar-refractivity contribution in [2.45, 2.75) is 70.5 Å². The van der Waals surface area contributed by atoms with E-state index >= 15 is 0 Å². The topological polar surface area (TPSA) is 207 Å². The van der Waals surface area contributed by atoms with Crippen molar-refractivity contribution in [1.29, 1.82) is 0 Å². The van der Waals surface area contributed by atoms with Crippen molar-refractivity contribution in [2.24, 2.45) is 0 Å². The van der Waals surface area contributed by atoms with Gasteiger partial charge < -0.3 is 38.8 Å². The van der Waals surface area contributed by atoms with Crippen LogP contribution in [0.2, 0.25) is 0 Å². The molecule has 2 N–H and O–H groups in total. The van der Waals surface area contributed by atoms with Gasteiger partial charge in [-0.1, -0.05) is 36.4 Å². The van der Waals surface area contributed by atoms with E-state index in [1.165, 1.54) is 24.3 Å². The molecule has 256 valence electrons. The van der Waals surface area contributed by atoms with Gasteiger partial charge in [-0.05, 0) is 29.3 Å². The van der Waals surface area contributed by atoms with Crippen molar-refractivity contribution in [3.63, 3.8) is 0 Å². The molecule has 2 aromatic rings. The number of methoxy groups -OCH3 is 1. The van der Waals surface area contributed by atoms with Crippen molar-refractivity contribution in [3.05, 3.63) is 65.7 Å². The van der Waals surface area contributed by atoms with Gasteiger partial charge in [-0.25, -0.2) is 9.59 Å². The zero-order chi connectivity index (χ0) is 35.6. The SMILES string of the molecule is COC(=O)[C@H](NC(=O)[C@]1(O)C[C@@H](OC(C)=O)[C@@H](OC(C)=O)[C@H](OC(=O)/C=C/c2ccc(OC(C)=O)c(OC(C)=O)c2)C1)c1ccccc1. The summed E-state index contributed by atoms with van der Waals surface area (Å²) < 4.78 is 31.1. The summed E-state index contributed by atoms with van der Waals surface area (Å²) in [7, 11) is 1.12. The molecule has 0 aliphatic heterocycles. The molecule has 1 saturated carbocycles. The van der Waals surface area contributed by atoms with Crippen LogP contribution in [0, 0.1) is 0 Å². The molecular weight excluding hydrogens is 634 g/mol. The highest BCUT2D eigenvalue weighted by molar-refractivity contribution is 5.91. The maximum Gasteiger partial charge on any atom is 0.333 e. The average Bonchev–Trinajstić information content (AvgIpc) is 3.00. The summed E-state index contributed by atoms with van der Waals surface area (Å²) in [4.78, 5) is 86.2. The van der Waals surface area contributed by atoms with Gasteiger partial charge in [0, 0.05) is 46.6 Å². The first-order valence-electron chi connectivity index (χ1n) is 14.5. The van der Waals surface area contributed by atoms with Gasteiger partial charge in [0.25, 0.3) is 5.91 Å². The standard InChI is InChI=1S/C33H35NO14/c1-18(35)44-24-13-11-22(15-25(24)45-19(2)36)12-14-28(39)48-27-17-33(42,16-26(46-20(3)37)30(27)47-21(4)38)32(41)34-29(31(40)43-5)23-9-7-6-8-10-23/h6-15,26-27,29-30,42H,16-17H2,1-5H3,(H,34,41)/b14-12+/t26-,27-,29-,30-,33+/m1/s1. The van der Waals surface area contributed by atoms with Crippen molar-refractivity contribution in [3.8, 4) is 11.5 Å². The van der Waals surface area contributed by atoms with E-state index < -0.39 is 84.5 Å². The van der Waals surface area contributed by atoms with Crippen LogP contribution in [0.1, 0.15) is 57.7 Å². The molecule has 1 amide bonds. The van der Waals surface area contributed by atoms with Crippen molar-refractivity contribution < 1.29 is 67.1 Å². The smallest absolute Gasteiger partial charge is 0.333 e. The van der Waals surface area contributed by atoms with Gasteiger partial charge in [-0.3, -0.25) is 24.0 Å². The molecule has 3 rings (SSSR count). The zero-order valence-electron chi connectivity index (χ0n) is 26.8. The van der Waals surface area contributed by atoms with Crippen LogP contribution < -0.4 is 14.8 Å². The van der Waals surface area contributed by atoms with E-state index in [2.05, 4.69) is 5.32 Å². The number of ether oxygens (including phenoxy) is 6. The van der Waals surface area contributed by atoms with Crippen molar-refractivity contribution in [1.82, 2.24) is 5.32 Å². The van der Waals surface area contributed by atoms with Gasteiger partial charge >= 0.3 is 35.8 Å². The Balaban J connectivity index is 1.92. The summed E-state index contributed by atoms with van der Waals surface area (Å²) in [5.74, 6) is -6.12. The monoisotopic (exact) mass is 669 g/mol. The minimum atomic E-state index is -2.40. The fourth-order valence-electron chi connectivity index (χ4n) is 4.94. The summed E-state index contributed by atoms with van der Waals surface area (Å²) in [6.45, 7) is 4.43. The lowest BCUT2D eigenvalue weighted by Crippen LogP contribution is -2.62. The highest BCUT2D eigenvalue weighted by atomic mass is 16.6. The maximum atomic E-state index is 13.6. The fraction of sp³-hybridized carbons (Fsp3) is 0.364. The quantitative estimate of drug-likeness (QED) is 0.152. The second-order valence-corrected chi connectivity index (χ2v) is 10.7. The summed E-state index contributed by atoms with van der Waals surface area (Å²) in [6, 6.07) is 10.8. The Labute approximate surface area is 275 Å². The molecule has 0 aromatic heterocycles. The molecule has 5 atom stereocenters. The highest BCUT2D eigenvalue weighted by Gasteiger charge is 2.54. The number of aliphatic hydroxyl groups is 1. The van der Waals surface area contributed by atoms with E-state index in [0.717, 1.165) is 40.9 Å². The predicted molar refractivity (Wildman–Crippen MR) is 163 cm³/mol. The Morgan fingerprint density at radius 2 is 1.38 bits per heavy atom. The van der Waals surface area contributed by atoms with Gasteiger partial charge in [0.15, 0.2) is 29.2 Å². The predicted octanol–water partition coefficient (Wildman–Crippen LogP) is 1.88. The third-order valence-electron chi connectivity index (χ3n) is 6.85. The molecule has 1 fully saturated rings. The average molecular weight is 670 g/mol. The van der Waals surface area contributed by atoms with Crippen LogP contribution in [0.25, 0.3) is 6.08 Å². The number of rotatable bonds is 11. The number of esters is 6. The highest BCUT2D eigenvalue weighted by Crippen LogP contribution is 2.36. The molecule has 0 saturated heterocycles. The minimum absolute atomic E-state index is 0.0420. The number of benzene rings is 2. The Morgan fingerprint density at radius 3 is 1.94 bits per heavy atom. The number of hydrogen-bond donors (Lipinski definition) is 2. The number of hydrogen-bond acceptors (Lipinski definition) is 14. The molecule has 15 heteroatoms. The third-order valence-corrected chi connectivity index (χ3v) is 6.85. The van der Waals surface area contributed by atoms with Gasteiger partial charge in [-0.15, -0.1) is 0 Å². The Bertz CT molecular complexity index is 1590. The van der Waals surface area contributed by atoms with Crippen molar-refractivity contribution >= 4 is 47.8 Å². The van der Waals surface area contributed by atoms with Gasteiger partial charge in [0.1, 0.15) is 12.2 Å². The zero-order valence-corrected chi connectivity index (χ0v) is 26.8. The van der Waals surface area contributed by atoms with E-state index in [0.29, 0.717) is 11.1 Å². The Kier molecular flexibility index (Phi) is 12.5. The number of nitrogens with one attached hydrogen (secondary N) is 1. The summed E-state index contributed by atoms with van der Waals surface area (Å²) in [6.07, 6.45) is -3.41. The molecule has 0 radical (unpaired) electrons. The van der Waals surface area contributed by atoms with E-state index in [-0.39, 0.29) is 11.5 Å². The lowest BCUT2D eigenvalue weighted by molar-refractivity contribution is -0.208. The van der Waals surface area contributed by atoms with Gasteiger partial charge in [0.05, 0.1) is 7.11 Å². The molecular formula is C33H35NO14. The van der Waals surface area contributed by atoms with Crippen LogP contribution in [0.3, 0.4) is 0 Å². The van der Waals surface area contributed by atoms with Gasteiger partial charge in [-0.2, -0.15) is 0 Å². The number of carbonyl (C=O) groups excluding carboxylic acids is 7. The van der Waals surface area contributed by atoms with Crippen LogP contribution in [-0.2, 0) is 52.5 Å². The van der Waals surface area contributed by atoms with Crippen molar-refractivity contribution in [2.75, 3.05) is 7.11 Å². The summed E-state index contributed by atoms with van der Waals surface area (Å²) in [5.41, 5.74) is -1.75. The first kappa shape index (κ1) is 36.9. The lowest BCUT2D eigenvalue weighted by Gasteiger charge is -2.43. The second-order valence-electron chi connectivity index (χ2n) is 10.7. The number of carbonyl (C=O) groups is 7. The summed E-state index contributed by atoms with van der Waals surface area (Å²) in [5, 5.41) is 14.1. The third kappa shape index (κ3) is 10.2. The molecule has 48 heavy (non-hydrogen) atoms. The normalized spacial score (nSPS) is 20.8. The molecule has 2 aromatic carbocycles. The molecule has 0 heterocycles. The molecule has 1 aliphatic carbocycles. The molecule has 0 unspecified atom stereocenters. The molecule has 0 bridgehead atoms. The van der Waals surface area contributed by atoms with Crippen LogP contribution in [0.15, 0.2) is 54.6 Å². The Hall–Kier alpha value is -5.57. The van der Waals surface area contributed by atoms with Crippen LogP contribution in [0.5, 0.6) is 11.5 Å². The molecule has 1 aliphatic rings. The van der Waals surface area contributed by atoms with E-state index in [1.54, 1.807) is 30.3 Å².